The lowest BCUT2D eigenvalue weighted by molar-refractivity contribution is -0.119. The highest BCUT2D eigenvalue weighted by molar-refractivity contribution is 8.17. The summed E-state index contributed by atoms with van der Waals surface area (Å²) < 4.78 is 26.6. The van der Waals surface area contributed by atoms with Crippen molar-refractivity contribution in [2.75, 3.05) is 48.3 Å². The quantitative estimate of drug-likeness (QED) is 0.169. The Morgan fingerprint density at radius 3 is 2.18 bits per heavy atom. The van der Waals surface area contributed by atoms with Crippen molar-refractivity contribution in [3.63, 3.8) is 0 Å². The number of alkyl halides is 2. The topological polar surface area (TPSA) is 103 Å². The maximum atomic E-state index is 13.3. The number of amides is 2. The molecule has 3 heterocycles. The zero-order chi connectivity index (χ0) is 34.3. The monoisotopic (exact) mass is 707 g/mol. The van der Waals surface area contributed by atoms with Gasteiger partial charge in [0.2, 0.25) is 16.9 Å². The molecule has 0 bridgehead atoms. The molecule has 9 nitrogen and oxygen atoms in total. The molecule has 2 atom stereocenters. The third kappa shape index (κ3) is 9.24. The van der Waals surface area contributed by atoms with Gasteiger partial charge in [0.05, 0.1) is 39.0 Å². The van der Waals surface area contributed by atoms with Gasteiger partial charge in [0.1, 0.15) is 17.4 Å². The summed E-state index contributed by atoms with van der Waals surface area (Å²) in [6, 6.07) is 15.4. The number of allylic oxidation sites excluding steroid dienone is 2. The predicted octanol–water partition coefficient (Wildman–Crippen LogP) is 6.68. The van der Waals surface area contributed by atoms with Crippen LogP contribution in [0.25, 0.3) is 0 Å². The van der Waals surface area contributed by atoms with Crippen LogP contribution in [0.4, 0.5) is 25.3 Å². The SMILES string of the molecule is CC/C=C(/SC(=NC)NC(=O)Cc1cccc(N2CC(F)C2)c1)[C@H]1CCC[C@H](c2nnc(NC(=O)Cc3cccc(N4CC(F)C4)c3)s2)C1. The van der Waals surface area contributed by atoms with Crippen molar-refractivity contribution in [3.05, 3.63) is 75.6 Å². The molecular formula is C36H43F2N7O2S2. The Hall–Kier alpha value is -3.84. The molecule has 1 aliphatic carbocycles. The number of thioether (sulfide) groups is 1. The molecule has 0 radical (unpaired) electrons. The highest BCUT2D eigenvalue weighted by atomic mass is 32.2. The molecule has 13 heteroatoms. The molecule has 260 valence electrons. The first-order chi connectivity index (χ1) is 23.8. The van der Waals surface area contributed by atoms with E-state index in [0.717, 1.165) is 59.6 Å². The number of carbonyl (C=O) groups excluding carboxylic acids is 2. The number of carbonyl (C=O) groups is 2. The molecule has 6 rings (SSSR count). The third-order valence-electron chi connectivity index (χ3n) is 9.14. The molecule has 0 spiro atoms. The van der Waals surface area contributed by atoms with Gasteiger partial charge in [0.25, 0.3) is 0 Å². The molecule has 1 aromatic heterocycles. The largest absolute Gasteiger partial charge is 0.366 e. The van der Waals surface area contributed by atoms with Gasteiger partial charge in [-0.1, -0.05) is 66.8 Å². The average Bonchev–Trinajstić information content (AvgIpc) is 3.53. The van der Waals surface area contributed by atoms with Crippen molar-refractivity contribution >= 4 is 56.6 Å². The van der Waals surface area contributed by atoms with Crippen molar-refractivity contribution < 1.29 is 18.4 Å². The average molecular weight is 708 g/mol. The van der Waals surface area contributed by atoms with Gasteiger partial charge in [0.15, 0.2) is 5.17 Å². The molecule has 0 unspecified atom stereocenters. The number of aromatic nitrogens is 2. The van der Waals surface area contributed by atoms with E-state index in [1.165, 1.54) is 28.0 Å². The second-order valence-electron chi connectivity index (χ2n) is 12.9. The lowest BCUT2D eigenvalue weighted by atomic mass is 9.81. The van der Waals surface area contributed by atoms with Crippen LogP contribution in [0.15, 0.2) is 64.5 Å². The Kier molecular flexibility index (Phi) is 11.6. The van der Waals surface area contributed by atoms with Crippen LogP contribution in [0.1, 0.15) is 61.1 Å². The van der Waals surface area contributed by atoms with Crippen molar-refractivity contribution in [1.82, 2.24) is 15.5 Å². The molecule has 2 amide bonds. The fraction of sp³-hybridized carbons (Fsp3) is 0.472. The van der Waals surface area contributed by atoms with Crippen molar-refractivity contribution in [2.45, 2.75) is 70.1 Å². The maximum Gasteiger partial charge on any atom is 0.230 e. The van der Waals surface area contributed by atoms with Crippen LogP contribution in [0, 0.1) is 5.92 Å². The van der Waals surface area contributed by atoms with E-state index < -0.39 is 12.3 Å². The summed E-state index contributed by atoms with van der Waals surface area (Å²) in [5.41, 5.74) is 3.61. The fourth-order valence-electron chi connectivity index (χ4n) is 6.55. The summed E-state index contributed by atoms with van der Waals surface area (Å²) in [5.74, 6) is 0.207. The summed E-state index contributed by atoms with van der Waals surface area (Å²) in [7, 11) is 1.69. The zero-order valence-electron chi connectivity index (χ0n) is 27.9. The summed E-state index contributed by atoms with van der Waals surface area (Å²) in [6.45, 7) is 3.68. The Bertz CT molecular complexity index is 1690. The van der Waals surface area contributed by atoms with Gasteiger partial charge in [-0.05, 0) is 71.9 Å². The van der Waals surface area contributed by atoms with E-state index in [9.17, 15) is 18.4 Å². The van der Waals surface area contributed by atoms with Crippen LogP contribution in [-0.4, -0.2) is 72.7 Å². The summed E-state index contributed by atoms with van der Waals surface area (Å²) in [4.78, 5) is 35.4. The number of hydrogen-bond donors (Lipinski definition) is 2. The van der Waals surface area contributed by atoms with Crippen LogP contribution in [0.3, 0.4) is 0 Å². The lowest BCUT2D eigenvalue weighted by Crippen LogP contribution is -2.48. The number of hydrogen-bond acceptors (Lipinski definition) is 9. The number of anilines is 3. The molecule has 3 fully saturated rings. The minimum Gasteiger partial charge on any atom is -0.366 e. The van der Waals surface area contributed by atoms with Gasteiger partial charge in [0, 0.05) is 24.3 Å². The van der Waals surface area contributed by atoms with E-state index >= 15 is 0 Å². The first-order valence-electron chi connectivity index (χ1n) is 17.0. The molecule has 3 aliphatic rings. The van der Waals surface area contributed by atoms with Gasteiger partial charge in [-0.2, -0.15) is 0 Å². The van der Waals surface area contributed by atoms with Crippen LogP contribution in [0.2, 0.25) is 0 Å². The first-order valence-corrected chi connectivity index (χ1v) is 18.6. The summed E-state index contributed by atoms with van der Waals surface area (Å²) >= 11 is 2.95. The highest BCUT2D eigenvalue weighted by Crippen LogP contribution is 2.44. The summed E-state index contributed by atoms with van der Waals surface area (Å²) in [6.07, 6.45) is 5.90. The van der Waals surface area contributed by atoms with E-state index in [1.54, 1.807) is 7.05 Å². The maximum absolute atomic E-state index is 13.3. The van der Waals surface area contributed by atoms with Crippen LogP contribution >= 0.6 is 23.1 Å². The van der Waals surface area contributed by atoms with Crippen molar-refractivity contribution in [1.29, 1.82) is 0 Å². The number of nitrogens with one attached hydrogen (secondary N) is 2. The smallest absolute Gasteiger partial charge is 0.230 e. The molecule has 2 aliphatic heterocycles. The van der Waals surface area contributed by atoms with E-state index in [4.69, 9.17) is 0 Å². The van der Waals surface area contributed by atoms with E-state index in [1.807, 2.05) is 58.3 Å². The second kappa shape index (κ2) is 16.2. The molecule has 49 heavy (non-hydrogen) atoms. The molecule has 3 aromatic rings. The van der Waals surface area contributed by atoms with E-state index in [-0.39, 0.29) is 36.5 Å². The van der Waals surface area contributed by atoms with Gasteiger partial charge in [-0.25, -0.2) is 8.78 Å². The minimum absolute atomic E-state index is 0.142. The highest BCUT2D eigenvalue weighted by Gasteiger charge is 2.30. The molecule has 2 aromatic carbocycles. The number of benzene rings is 2. The standard InChI is InChI=1S/C36H43F2N7O2S2/c1-3-7-31(48-35(39-2)40-32(46)16-23-8-4-12-29(14-23)44-19-27(37)20-44)25-10-6-11-26(18-25)34-42-43-36(49-34)41-33(47)17-24-9-5-13-30(15-24)45-21-28(38)22-45/h4-5,7-9,12-15,25-28H,3,6,10-11,16-22H2,1-2H3,(H,39,40,46)(H,41,43,47)/b31-7+/t25-,26-/m0/s1. The number of halogens is 2. The normalized spacial score (nSPS) is 20.5. The van der Waals surface area contributed by atoms with Crippen LogP contribution in [-0.2, 0) is 22.4 Å². The molecule has 2 N–H and O–H groups in total. The zero-order valence-corrected chi connectivity index (χ0v) is 29.5. The van der Waals surface area contributed by atoms with Crippen LogP contribution < -0.4 is 20.4 Å². The van der Waals surface area contributed by atoms with Crippen LogP contribution in [0.5, 0.6) is 0 Å². The number of nitrogens with zero attached hydrogens (tertiary/aromatic N) is 5. The molecule has 1 saturated carbocycles. The fourth-order valence-corrected chi connectivity index (χ4v) is 8.57. The van der Waals surface area contributed by atoms with E-state index in [2.05, 4.69) is 38.8 Å². The van der Waals surface area contributed by atoms with Crippen molar-refractivity contribution in [2.24, 2.45) is 10.9 Å². The summed E-state index contributed by atoms with van der Waals surface area (Å²) in [5, 5.41) is 16.7. The van der Waals surface area contributed by atoms with Gasteiger partial charge >= 0.3 is 0 Å². The number of rotatable bonds is 11. The second-order valence-corrected chi connectivity index (χ2v) is 15.0. The number of amidine groups is 1. The lowest BCUT2D eigenvalue weighted by Gasteiger charge is -2.36. The Balaban J connectivity index is 1.01. The number of aliphatic imine (C=N–C) groups is 1. The molecule has 2 saturated heterocycles. The Morgan fingerprint density at radius 2 is 1.59 bits per heavy atom. The minimum atomic E-state index is -0.787. The molecular weight excluding hydrogens is 665 g/mol. The van der Waals surface area contributed by atoms with Gasteiger partial charge in [-0.15, -0.1) is 10.2 Å². The predicted molar refractivity (Wildman–Crippen MR) is 195 cm³/mol. The van der Waals surface area contributed by atoms with E-state index in [0.29, 0.717) is 36.5 Å². The van der Waals surface area contributed by atoms with Gasteiger partial charge < -0.3 is 20.4 Å². The Labute approximate surface area is 294 Å². The van der Waals surface area contributed by atoms with Crippen molar-refractivity contribution in [3.8, 4) is 0 Å². The van der Waals surface area contributed by atoms with Gasteiger partial charge in [-0.3, -0.25) is 14.6 Å². The third-order valence-corrected chi connectivity index (χ3v) is 11.4. The first kappa shape index (κ1) is 35.0. The Morgan fingerprint density at radius 1 is 0.959 bits per heavy atom.